The zero-order chi connectivity index (χ0) is 10.1. The molecule has 1 aliphatic carbocycles. The minimum Gasteiger partial charge on any atom is -0.373 e. The number of H-pyrrole nitrogens is 1. The Morgan fingerprint density at radius 2 is 2.36 bits per heavy atom. The predicted octanol–water partition coefficient (Wildman–Crippen LogP) is 1.18. The van der Waals surface area contributed by atoms with Gasteiger partial charge in [-0.15, -0.1) is 0 Å². The molecule has 14 heavy (non-hydrogen) atoms. The highest BCUT2D eigenvalue weighted by Gasteiger charge is 2.34. The topological polar surface area (TPSA) is 55.0 Å². The summed E-state index contributed by atoms with van der Waals surface area (Å²) in [6.45, 7) is 1.82. The molecule has 0 spiro atoms. The van der Waals surface area contributed by atoms with Gasteiger partial charge in [-0.05, 0) is 25.7 Å². The van der Waals surface area contributed by atoms with Gasteiger partial charge in [-0.3, -0.25) is 4.79 Å². The summed E-state index contributed by atoms with van der Waals surface area (Å²) < 4.78 is 5.34. The Bertz CT molecular complexity index is 382. The van der Waals surface area contributed by atoms with Crippen molar-refractivity contribution in [3.63, 3.8) is 0 Å². The van der Waals surface area contributed by atoms with Crippen molar-refractivity contribution in [1.29, 1.82) is 0 Å². The highest BCUT2D eigenvalue weighted by atomic mass is 16.5. The second kappa shape index (κ2) is 3.53. The van der Waals surface area contributed by atoms with Gasteiger partial charge in [0.2, 0.25) is 0 Å². The van der Waals surface area contributed by atoms with Crippen LogP contribution in [0.25, 0.3) is 0 Å². The van der Waals surface area contributed by atoms with Crippen LogP contribution in [0, 0.1) is 12.8 Å². The van der Waals surface area contributed by atoms with Crippen LogP contribution in [0.5, 0.6) is 0 Å². The van der Waals surface area contributed by atoms with Gasteiger partial charge in [0.15, 0.2) is 0 Å². The Balaban J connectivity index is 2.33. The lowest BCUT2D eigenvalue weighted by Crippen LogP contribution is -2.16. The van der Waals surface area contributed by atoms with Crippen LogP contribution in [0.3, 0.4) is 0 Å². The highest BCUT2D eigenvalue weighted by molar-refractivity contribution is 5.05. The van der Waals surface area contributed by atoms with Crippen LogP contribution in [0.2, 0.25) is 0 Å². The Morgan fingerprint density at radius 1 is 1.64 bits per heavy atom. The number of hydrogen-bond acceptors (Lipinski definition) is 3. The molecule has 1 saturated carbocycles. The van der Waals surface area contributed by atoms with Crippen LogP contribution in [0.1, 0.15) is 30.5 Å². The maximum absolute atomic E-state index is 11.2. The van der Waals surface area contributed by atoms with Crippen LogP contribution in [0.15, 0.2) is 10.9 Å². The van der Waals surface area contributed by atoms with Crippen LogP contribution in [-0.2, 0) is 4.74 Å². The molecular formula is C10H14N2O2. The number of aromatic amines is 1. The molecule has 0 radical (unpaired) electrons. The lowest BCUT2D eigenvalue weighted by Gasteiger charge is -2.13. The quantitative estimate of drug-likeness (QED) is 0.786. The number of nitrogens with one attached hydrogen (secondary N) is 1. The van der Waals surface area contributed by atoms with Gasteiger partial charge in [-0.2, -0.15) is 0 Å². The number of methoxy groups -OCH3 is 1. The first-order valence-corrected chi connectivity index (χ1v) is 4.81. The summed E-state index contributed by atoms with van der Waals surface area (Å²) in [6, 6.07) is 1.49. The molecule has 1 N–H and O–H groups in total. The summed E-state index contributed by atoms with van der Waals surface area (Å²) in [6.07, 6.45) is 2.29. The molecule has 0 saturated heterocycles. The minimum atomic E-state index is -0.102. The molecule has 4 heteroatoms. The molecule has 1 aromatic rings. The van der Waals surface area contributed by atoms with Crippen LogP contribution in [-0.4, -0.2) is 17.1 Å². The van der Waals surface area contributed by atoms with Crippen molar-refractivity contribution < 1.29 is 4.74 Å². The molecule has 4 nitrogen and oxygen atoms in total. The third-order valence-electron chi connectivity index (χ3n) is 2.46. The van der Waals surface area contributed by atoms with Gasteiger partial charge in [0.05, 0.1) is 0 Å². The second-order valence-corrected chi connectivity index (χ2v) is 3.77. The van der Waals surface area contributed by atoms with Crippen LogP contribution >= 0.6 is 0 Å². The average Bonchev–Trinajstić information content (AvgIpc) is 2.87. The number of hydrogen-bond donors (Lipinski definition) is 1. The third kappa shape index (κ3) is 1.85. The summed E-state index contributed by atoms with van der Waals surface area (Å²) in [5.41, 5.74) is 0.640. The normalized spacial score (nSPS) is 18.1. The first kappa shape index (κ1) is 9.40. The SMILES string of the molecule is COC(c1nc(C)cc(=O)[nH]1)C1CC1. The zero-order valence-corrected chi connectivity index (χ0v) is 8.41. The number of aromatic nitrogens is 2. The standard InChI is InChI=1S/C10H14N2O2/c1-6-5-8(13)12-10(11-6)9(14-2)7-3-4-7/h5,7,9H,3-4H2,1-2H3,(H,11,12,13). The fourth-order valence-corrected chi connectivity index (χ4v) is 1.66. The van der Waals surface area contributed by atoms with E-state index in [0.717, 1.165) is 18.5 Å². The molecule has 0 aliphatic heterocycles. The van der Waals surface area contributed by atoms with Crippen molar-refractivity contribution in [2.75, 3.05) is 7.11 Å². The minimum absolute atomic E-state index is 0.0393. The zero-order valence-electron chi connectivity index (χ0n) is 8.41. The third-order valence-corrected chi connectivity index (χ3v) is 2.46. The molecule has 0 amide bonds. The lowest BCUT2D eigenvalue weighted by atomic mass is 10.2. The van der Waals surface area contributed by atoms with Crippen LogP contribution < -0.4 is 5.56 Å². The average molecular weight is 194 g/mol. The Kier molecular flexibility index (Phi) is 2.37. The van der Waals surface area contributed by atoms with Crippen molar-refractivity contribution in [3.05, 3.63) is 27.9 Å². The van der Waals surface area contributed by atoms with Crippen molar-refractivity contribution in [2.45, 2.75) is 25.9 Å². The summed E-state index contributed by atoms with van der Waals surface area (Å²) in [4.78, 5) is 18.2. The molecule has 76 valence electrons. The fraction of sp³-hybridized carbons (Fsp3) is 0.600. The molecule has 1 aliphatic rings. The van der Waals surface area contributed by atoms with Gasteiger partial charge in [-0.1, -0.05) is 0 Å². The maximum Gasteiger partial charge on any atom is 0.251 e. The van der Waals surface area contributed by atoms with E-state index in [4.69, 9.17) is 4.74 Å². The van der Waals surface area contributed by atoms with Gasteiger partial charge < -0.3 is 9.72 Å². The molecule has 1 unspecified atom stereocenters. The van der Waals surface area contributed by atoms with Crippen molar-refractivity contribution in [1.82, 2.24) is 9.97 Å². The van der Waals surface area contributed by atoms with E-state index in [0.29, 0.717) is 11.7 Å². The highest BCUT2D eigenvalue weighted by Crippen LogP contribution is 2.41. The maximum atomic E-state index is 11.2. The Labute approximate surface area is 82.3 Å². The second-order valence-electron chi connectivity index (χ2n) is 3.77. The number of rotatable bonds is 3. The first-order chi connectivity index (χ1) is 6.70. The molecule has 1 fully saturated rings. The summed E-state index contributed by atoms with van der Waals surface area (Å²) in [7, 11) is 1.66. The molecule has 1 aromatic heterocycles. The van der Waals surface area contributed by atoms with E-state index in [1.165, 1.54) is 6.07 Å². The summed E-state index contributed by atoms with van der Waals surface area (Å²) in [5.74, 6) is 1.20. The molecule has 2 rings (SSSR count). The van der Waals surface area contributed by atoms with E-state index in [-0.39, 0.29) is 11.7 Å². The number of aryl methyl sites for hydroxylation is 1. The van der Waals surface area contributed by atoms with E-state index >= 15 is 0 Å². The molecule has 1 heterocycles. The predicted molar refractivity (Wildman–Crippen MR) is 52.1 cm³/mol. The molecule has 0 aromatic carbocycles. The summed E-state index contributed by atoms with van der Waals surface area (Å²) >= 11 is 0. The van der Waals surface area contributed by atoms with E-state index in [9.17, 15) is 4.79 Å². The van der Waals surface area contributed by atoms with E-state index < -0.39 is 0 Å². The summed E-state index contributed by atoms with van der Waals surface area (Å²) in [5, 5.41) is 0. The smallest absolute Gasteiger partial charge is 0.251 e. The van der Waals surface area contributed by atoms with E-state index in [1.807, 2.05) is 6.92 Å². The number of nitrogens with zero attached hydrogens (tertiary/aromatic N) is 1. The largest absolute Gasteiger partial charge is 0.373 e. The van der Waals surface area contributed by atoms with Gasteiger partial charge in [0, 0.05) is 18.9 Å². The fourth-order valence-electron chi connectivity index (χ4n) is 1.66. The first-order valence-electron chi connectivity index (χ1n) is 4.81. The molecule has 0 bridgehead atoms. The lowest BCUT2D eigenvalue weighted by molar-refractivity contribution is 0.0768. The molecular weight excluding hydrogens is 180 g/mol. The van der Waals surface area contributed by atoms with E-state index in [1.54, 1.807) is 7.11 Å². The van der Waals surface area contributed by atoms with Gasteiger partial charge >= 0.3 is 0 Å². The van der Waals surface area contributed by atoms with E-state index in [2.05, 4.69) is 9.97 Å². The number of ether oxygens (including phenoxy) is 1. The van der Waals surface area contributed by atoms with Gasteiger partial charge in [0.25, 0.3) is 5.56 Å². The molecule has 1 atom stereocenters. The van der Waals surface area contributed by atoms with Gasteiger partial charge in [-0.25, -0.2) is 4.98 Å². The Morgan fingerprint density at radius 3 is 2.86 bits per heavy atom. The van der Waals surface area contributed by atoms with Crippen molar-refractivity contribution >= 4 is 0 Å². The Hall–Kier alpha value is -1.16. The van der Waals surface area contributed by atoms with Crippen LogP contribution in [0.4, 0.5) is 0 Å². The van der Waals surface area contributed by atoms with Crippen molar-refractivity contribution in [3.8, 4) is 0 Å². The monoisotopic (exact) mass is 194 g/mol. The van der Waals surface area contributed by atoms with Gasteiger partial charge in [0.1, 0.15) is 11.9 Å². The van der Waals surface area contributed by atoms with Crippen molar-refractivity contribution in [2.24, 2.45) is 5.92 Å².